The lowest BCUT2D eigenvalue weighted by Gasteiger charge is -2.21. The minimum atomic E-state index is 0.160. The molecule has 0 radical (unpaired) electrons. The van der Waals surface area contributed by atoms with Gasteiger partial charge in [0, 0.05) is 17.4 Å². The molecule has 4 rings (SSSR count). The molecule has 0 bridgehead atoms. The number of aryl methyl sites for hydroxylation is 1. The molecule has 1 atom stereocenters. The molecule has 4 nitrogen and oxygen atoms in total. The Hall–Kier alpha value is -2.66. The van der Waals surface area contributed by atoms with Crippen LogP contribution in [0, 0.1) is 6.92 Å². The van der Waals surface area contributed by atoms with Crippen LogP contribution in [0.4, 0.5) is 5.13 Å². The Kier molecular flexibility index (Phi) is 4.24. The first-order chi connectivity index (χ1) is 12.2. The zero-order valence-corrected chi connectivity index (χ0v) is 15.0. The van der Waals surface area contributed by atoms with Gasteiger partial charge in [0.2, 0.25) is 5.13 Å². The Morgan fingerprint density at radius 1 is 1.12 bits per heavy atom. The number of ether oxygens (including phenoxy) is 1. The highest BCUT2D eigenvalue weighted by atomic mass is 32.1. The van der Waals surface area contributed by atoms with Crippen LogP contribution in [0.5, 0.6) is 5.75 Å². The highest BCUT2D eigenvalue weighted by Crippen LogP contribution is 2.38. The summed E-state index contributed by atoms with van der Waals surface area (Å²) in [5.74, 6) is 0.847. The van der Waals surface area contributed by atoms with Gasteiger partial charge >= 0.3 is 0 Å². The van der Waals surface area contributed by atoms with E-state index in [0.717, 1.165) is 34.3 Å². The predicted octanol–water partition coefficient (Wildman–Crippen LogP) is 4.82. The minimum absolute atomic E-state index is 0.160. The summed E-state index contributed by atoms with van der Waals surface area (Å²) in [7, 11) is 1.69. The molecule has 126 valence electrons. The number of rotatable bonds is 4. The standard InChI is InChI=1S/C20H19N3OS/c1-14-13-25-20(21-14)23-19(15-7-4-3-5-8-15)12-18(22-23)16-9-6-10-17(11-16)24-2/h3-11,13,19H,12H2,1-2H3. The second kappa shape index (κ2) is 6.69. The van der Waals surface area contributed by atoms with Gasteiger partial charge in [-0.1, -0.05) is 42.5 Å². The monoisotopic (exact) mass is 349 g/mol. The average molecular weight is 349 g/mol. The van der Waals surface area contributed by atoms with Crippen LogP contribution < -0.4 is 9.75 Å². The van der Waals surface area contributed by atoms with Crippen LogP contribution in [-0.4, -0.2) is 17.8 Å². The van der Waals surface area contributed by atoms with Crippen molar-refractivity contribution in [3.05, 3.63) is 76.8 Å². The molecular formula is C20H19N3OS. The topological polar surface area (TPSA) is 37.7 Å². The summed E-state index contributed by atoms with van der Waals surface area (Å²) in [5.41, 5.74) is 4.42. The van der Waals surface area contributed by atoms with E-state index in [1.807, 2.05) is 31.2 Å². The van der Waals surface area contributed by atoms with Crippen LogP contribution >= 0.6 is 11.3 Å². The summed E-state index contributed by atoms with van der Waals surface area (Å²) in [6.45, 7) is 2.01. The van der Waals surface area contributed by atoms with E-state index in [1.165, 1.54) is 5.56 Å². The van der Waals surface area contributed by atoms with E-state index < -0.39 is 0 Å². The number of anilines is 1. The maximum absolute atomic E-state index is 5.36. The Balaban J connectivity index is 1.74. The summed E-state index contributed by atoms with van der Waals surface area (Å²) >= 11 is 1.63. The van der Waals surface area contributed by atoms with Gasteiger partial charge in [-0.2, -0.15) is 5.10 Å². The van der Waals surface area contributed by atoms with E-state index >= 15 is 0 Å². The van der Waals surface area contributed by atoms with Gasteiger partial charge in [-0.05, 0) is 24.6 Å². The highest BCUT2D eigenvalue weighted by Gasteiger charge is 2.31. The summed E-state index contributed by atoms with van der Waals surface area (Å²) in [6.07, 6.45) is 0.843. The van der Waals surface area contributed by atoms with Gasteiger partial charge in [0.25, 0.3) is 0 Å². The van der Waals surface area contributed by atoms with E-state index in [9.17, 15) is 0 Å². The highest BCUT2D eigenvalue weighted by molar-refractivity contribution is 7.13. The molecule has 0 saturated carbocycles. The molecule has 25 heavy (non-hydrogen) atoms. The van der Waals surface area contributed by atoms with Crippen molar-refractivity contribution in [3.8, 4) is 5.75 Å². The SMILES string of the molecule is COc1cccc(C2=NN(c3nc(C)cs3)C(c3ccccc3)C2)c1. The third-order valence-corrected chi connectivity index (χ3v) is 5.25. The second-order valence-corrected chi connectivity index (χ2v) is 6.86. The van der Waals surface area contributed by atoms with Crippen molar-refractivity contribution in [3.63, 3.8) is 0 Å². The molecular weight excluding hydrogens is 330 g/mol. The summed E-state index contributed by atoms with van der Waals surface area (Å²) in [5, 5.41) is 9.98. The smallest absolute Gasteiger partial charge is 0.206 e. The van der Waals surface area contributed by atoms with Crippen LogP contribution in [-0.2, 0) is 0 Å². The molecule has 1 aromatic heterocycles. The van der Waals surface area contributed by atoms with Crippen molar-refractivity contribution >= 4 is 22.2 Å². The number of benzene rings is 2. The van der Waals surface area contributed by atoms with E-state index in [4.69, 9.17) is 9.84 Å². The Morgan fingerprint density at radius 2 is 1.96 bits per heavy atom. The van der Waals surface area contributed by atoms with Crippen molar-refractivity contribution in [2.24, 2.45) is 5.10 Å². The van der Waals surface area contributed by atoms with Crippen LogP contribution in [0.25, 0.3) is 0 Å². The molecule has 0 aliphatic carbocycles. The van der Waals surface area contributed by atoms with E-state index in [2.05, 4.69) is 45.7 Å². The third kappa shape index (κ3) is 3.15. The first kappa shape index (κ1) is 15.8. The molecule has 0 N–H and O–H groups in total. The number of methoxy groups -OCH3 is 1. The Morgan fingerprint density at radius 3 is 2.68 bits per heavy atom. The van der Waals surface area contributed by atoms with Crippen molar-refractivity contribution in [2.45, 2.75) is 19.4 Å². The molecule has 5 heteroatoms. The number of nitrogens with zero attached hydrogens (tertiary/aromatic N) is 3. The Labute approximate surface area is 151 Å². The second-order valence-electron chi connectivity index (χ2n) is 6.03. The van der Waals surface area contributed by atoms with E-state index in [0.29, 0.717) is 0 Å². The quantitative estimate of drug-likeness (QED) is 0.678. The van der Waals surface area contributed by atoms with Gasteiger partial charge in [0.15, 0.2) is 0 Å². The minimum Gasteiger partial charge on any atom is -0.497 e. The lowest BCUT2D eigenvalue weighted by atomic mass is 9.98. The first-order valence-corrected chi connectivity index (χ1v) is 9.11. The molecule has 3 aromatic rings. The van der Waals surface area contributed by atoms with Crippen LogP contribution in [0.3, 0.4) is 0 Å². The molecule has 2 heterocycles. The fourth-order valence-corrected chi connectivity index (χ4v) is 3.85. The Bertz CT molecular complexity index is 904. The zero-order chi connectivity index (χ0) is 17.2. The van der Waals surface area contributed by atoms with Crippen LogP contribution in [0.1, 0.15) is 29.3 Å². The first-order valence-electron chi connectivity index (χ1n) is 8.23. The molecule has 0 amide bonds. The maximum atomic E-state index is 5.36. The normalized spacial score (nSPS) is 16.8. The summed E-state index contributed by atoms with van der Waals surface area (Å²) in [6, 6.07) is 18.7. The number of hydrogen-bond acceptors (Lipinski definition) is 5. The van der Waals surface area contributed by atoms with E-state index in [-0.39, 0.29) is 6.04 Å². The third-order valence-electron chi connectivity index (χ3n) is 4.30. The van der Waals surface area contributed by atoms with Crippen molar-refractivity contribution in [1.29, 1.82) is 0 Å². The van der Waals surface area contributed by atoms with Gasteiger partial charge in [-0.15, -0.1) is 11.3 Å². The van der Waals surface area contributed by atoms with Gasteiger partial charge in [0.1, 0.15) is 5.75 Å². The van der Waals surface area contributed by atoms with Gasteiger partial charge in [-0.25, -0.2) is 9.99 Å². The molecule has 0 fully saturated rings. The van der Waals surface area contributed by atoms with Gasteiger partial charge in [-0.3, -0.25) is 0 Å². The molecule has 1 aliphatic rings. The molecule has 0 saturated heterocycles. The van der Waals surface area contributed by atoms with Gasteiger partial charge in [0.05, 0.1) is 24.6 Å². The fourth-order valence-electron chi connectivity index (χ4n) is 3.05. The van der Waals surface area contributed by atoms with E-state index in [1.54, 1.807) is 18.4 Å². The molecule has 1 aliphatic heterocycles. The summed E-state index contributed by atoms with van der Waals surface area (Å²) < 4.78 is 5.36. The summed E-state index contributed by atoms with van der Waals surface area (Å²) in [4.78, 5) is 4.64. The fraction of sp³-hybridized carbons (Fsp3) is 0.200. The average Bonchev–Trinajstić information content (AvgIpc) is 3.29. The number of hydrogen-bond donors (Lipinski definition) is 0. The van der Waals surface area contributed by atoms with Crippen LogP contribution in [0.15, 0.2) is 65.1 Å². The molecule has 0 spiro atoms. The number of hydrazone groups is 1. The molecule has 2 aromatic carbocycles. The van der Waals surface area contributed by atoms with Crippen molar-refractivity contribution in [2.75, 3.05) is 12.1 Å². The predicted molar refractivity (Wildman–Crippen MR) is 103 cm³/mol. The number of aromatic nitrogens is 1. The molecule has 1 unspecified atom stereocenters. The van der Waals surface area contributed by atoms with Crippen LogP contribution in [0.2, 0.25) is 0 Å². The van der Waals surface area contributed by atoms with Gasteiger partial charge < -0.3 is 4.74 Å². The largest absolute Gasteiger partial charge is 0.497 e. The lowest BCUT2D eigenvalue weighted by molar-refractivity contribution is 0.414. The number of thiazole rings is 1. The lowest BCUT2D eigenvalue weighted by Crippen LogP contribution is -2.18. The maximum Gasteiger partial charge on any atom is 0.206 e. The zero-order valence-electron chi connectivity index (χ0n) is 14.2. The van der Waals surface area contributed by atoms with Crippen molar-refractivity contribution in [1.82, 2.24) is 4.98 Å². The van der Waals surface area contributed by atoms with Crippen molar-refractivity contribution < 1.29 is 4.74 Å².